The summed E-state index contributed by atoms with van der Waals surface area (Å²) in [6.45, 7) is -1.61. The zero-order valence-electron chi connectivity index (χ0n) is 10.3. The van der Waals surface area contributed by atoms with E-state index in [9.17, 15) is 23.7 Å². The molecule has 9 heteroatoms. The Morgan fingerprint density at radius 1 is 1.50 bits per heavy atom. The monoisotopic (exact) mass is 309 g/mol. The van der Waals surface area contributed by atoms with Gasteiger partial charge in [-0.3, -0.25) is 10.1 Å². The molecule has 20 heavy (non-hydrogen) atoms. The van der Waals surface area contributed by atoms with Crippen molar-refractivity contribution in [3.05, 3.63) is 33.4 Å². The van der Waals surface area contributed by atoms with Crippen LogP contribution in [0.25, 0.3) is 0 Å². The van der Waals surface area contributed by atoms with Crippen LogP contribution < -0.4 is 4.74 Å². The summed E-state index contributed by atoms with van der Waals surface area (Å²) in [5, 5.41) is 10.9. The fourth-order valence-electron chi connectivity index (χ4n) is 1.52. The van der Waals surface area contributed by atoms with Gasteiger partial charge in [0.2, 0.25) is 0 Å². The third kappa shape index (κ3) is 3.77. The van der Waals surface area contributed by atoms with Crippen molar-refractivity contribution in [1.29, 1.82) is 0 Å². The van der Waals surface area contributed by atoms with E-state index in [1.54, 1.807) is 0 Å². The van der Waals surface area contributed by atoms with E-state index in [0.717, 1.165) is 12.1 Å². The molecular formula is C11H10ClF2NO5. The van der Waals surface area contributed by atoms with Crippen LogP contribution in [0, 0.1) is 10.1 Å². The summed E-state index contributed by atoms with van der Waals surface area (Å²) in [6.07, 6.45) is 0. The summed E-state index contributed by atoms with van der Waals surface area (Å²) >= 11 is 5.59. The number of nitro groups is 1. The fraction of sp³-hybridized carbons (Fsp3) is 0.364. The van der Waals surface area contributed by atoms with Crippen molar-refractivity contribution in [3.63, 3.8) is 0 Å². The molecule has 0 aliphatic rings. The van der Waals surface area contributed by atoms with Crippen molar-refractivity contribution in [2.24, 2.45) is 0 Å². The van der Waals surface area contributed by atoms with Gasteiger partial charge >= 0.3 is 12.6 Å². The SMILES string of the molecule is CCOC(=O)c1c(CCl)cc(OC(F)F)cc1[N+](=O)[O-]. The second kappa shape index (κ2) is 6.99. The maximum Gasteiger partial charge on any atom is 0.387 e. The molecule has 0 bridgehead atoms. The standard InChI is InChI=1S/C11H10ClF2NO5/c1-2-19-10(16)9-6(5-12)3-7(20-11(13)14)4-8(9)15(17)18/h3-4,11H,2,5H2,1H3. The predicted octanol–water partition coefficient (Wildman–Crippen LogP) is 3.11. The molecule has 110 valence electrons. The molecule has 1 aromatic carbocycles. The molecule has 6 nitrogen and oxygen atoms in total. The summed E-state index contributed by atoms with van der Waals surface area (Å²) < 4.78 is 33.1. The van der Waals surface area contributed by atoms with Gasteiger partial charge in [-0.05, 0) is 18.6 Å². The Bertz CT molecular complexity index is 524. The average Bonchev–Trinajstić information content (AvgIpc) is 2.36. The summed E-state index contributed by atoms with van der Waals surface area (Å²) in [5.41, 5.74) is -1.08. The molecule has 1 rings (SSSR count). The molecule has 0 aromatic heterocycles. The highest BCUT2D eigenvalue weighted by molar-refractivity contribution is 6.18. The van der Waals surface area contributed by atoms with Gasteiger partial charge in [-0.1, -0.05) is 0 Å². The van der Waals surface area contributed by atoms with Crippen LogP contribution >= 0.6 is 11.6 Å². The third-order valence-electron chi connectivity index (χ3n) is 2.22. The van der Waals surface area contributed by atoms with Gasteiger partial charge in [0.25, 0.3) is 5.69 Å². The van der Waals surface area contributed by atoms with Crippen LogP contribution in [-0.4, -0.2) is 24.1 Å². The van der Waals surface area contributed by atoms with Crippen LogP contribution in [0.2, 0.25) is 0 Å². The smallest absolute Gasteiger partial charge is 0.387 e. The number of esters is 1. The number of benzene rings is 1. The lowest BCUT2D eigenvalue weighted by molar-refractivity contribution is -0.385. The molecule has 0 heterocycles. The summed E-state index contributed by atoms with van der Waals surface area (Å²) in [4.78, 5) is 21.8. The Hall–Kier alpha value is -1.96. The van der Waals surface area contributed by atoms with Gasteiger partial charge in [0.15, 0.2) is 0 Å². The molecule has 0 aliphatic carbocycles. The maximum atomic E-state index is 12.2. The lowest BCUT2D eigenvalue weighted by Gasteiger charge is -2.10. The topological polar surface area (TPSA) is 78.7 Å². The van der Waals surface area contributed by atoms with E-state index in [1.165, 1.54) is 6.92 Å². The lowest BCUT2D eigenvalue weighted by atomic mass is 10.1. The normalized spacial score (nSPS) is 10.4. The Balaban J connectivity index is 3.40. The van der Waals surface area contributed by atoms with Crippen molar-refractivity contribution in [2.75, 3.05) is 6.61 Å². The van der Waals surface area contributed by atoms with Crippen LogP contribution in [0.1, 0.15) is 22.8 Å². The second-order valence-corrected chi connectivity index (χ2v) is 3.73. The highest BCUT2D eigenvalue weighted by atomic mass is 35.5. The molecule has 0 saturated heterocycles. The number of hydrogen-bond acceptors (Lipinski definition) is 5. The van der Waals surface area contributed by atoms with Crippen molar-refractivity contribution in [2.45, 2.75) is 19.4 Å². The fourth-order valence-corrected chi connectivity index (χ4v) is 1.73. The van der Waals surface area contributed by atoms with E-state index in [-0.39, 0.29) is 23.6 Å². The first-order valence-electron chi connectivity index (χ1n) is 5.39. The van der Waals surface area contributed by atoms with Crippen LogP contribution in [0.15, 0.2) is 12.1 Å². The Kier molecular flexibility index (Phi) is 5.63. The van der Waals surface area contributed by atoms with E-state index in [2.05, 4.69) is 4.74 Å². The third-order valence-corrected chi connectivity index (χ3v) is 2.51. The Morgan fingerprint density at radius 3 is 2.60 bits per heavy atom. The number of hydrogen-bond donors (Lipinski definition) is 0. The van der Waals surface area contributed by atoms with E-state index < -0.39 is 28.9 Å². The molecule has 0 N–H and O–H groups in total. The van der Waals surface area contributed by atoms with Crippen LogP contribution in [0.3, 0.4) is 0 Å². The predicted molar refractivity (Wildman–Crippen MR) is 65.2 cm³/mol. The first-order chi connectivity index (χ1) is 9.40. The minimum atomic E-state index is -3.15. The molecule has 0 fully saturated rings. The molecule has 0 unspecified atom stereocenters. The summed E-state index contributed by atoms with van der Waals surface area (Å²) in [6, 6.07) is 1.77. The van der Waals surface area contributed by atoms with Crippen LogP contribution in [0.5, 0.6) is 5.75 Å². The van der Waals surface area contributed by atoms with Crippen molar-refractivity contribution >= 4 is 23.3 Å². The summed E-state index contributed by atoms with van der Waals surface area (Å²) in [7, 11) is 0. The van der Waals surface area contributed by atoms with E-state index >= 15 is 0 Å². The number of rotatable bonds is 6. The first-order valence-corrected chi connectivity index (χ1v) is 5.93. The number of nitro benzene ring substituents is 1. The largest absolute Gasteiger partial charge is 0.462 e. The minimum Gasteiger partial charge on any atom is -0.462 e. The first kappa shape index (κ1) is 16.1. The quantitative estimate of drug-likeness (QED) is 0.349. The Morgan fingerprint density at radius 2 is 2.15 bits per heavy atom. The molecule has 1 aromatic rings. The van der Waals surface area contributed by atoms with Crippen molar-refractivity contribution < 1.29 is 28.0 Å². The summed E-state index contributed by atoms with van der Waals surface area (Å²) in [5.74, 6) is -1.69. The second-order valence-electron chi connectivity index (χ2n) is 3.47. The highest BCUT2D eigenvalue weighted by Crippen LogP contribution is 2.31. The van der Waals surface area contributed by atoms with Crippen LogP contribution in [-0.2, 0) is 10.6 Å². The Labute approximate surface area is 117 Å². The van der Waals surface area contributed by atoms with E-state index in [4.69, 9.17) is 16.3 Å². The molecule has 0 atom stereocenters. The molecule has 0 aliphatic heterocycles. The zero-order valence-corrected chi connectivity index (χ0v) is 11.0. The minimum absolute atomic E-state index is 0.00694. The average molecular weight is 310 g/mol. The van der Waals surface area contributed by atoms with Crippen molar-refractivity contribution in [3.8, 4) is 5.75 Å². The number of alkyl halides is 3. The van der Waals surface area contributed by atoms with E-state index in [0.29, 0.717) is 0 Å². The zero-order chi connectivity index (χ0) is 15.3. The number of halogens is 3. The highest BCUT2D eigenvalue weighted by Gasteiger charge is 2.27. The number of nitrogens with zero attached hydrogens (tertiary/aromatic N) is 1. The molecular weight excluding hydrogens is 300 g/mol. The van der Waals surface area contributed by atoms with Gasteiger partial charge in [-0.2, -0.15) is 8.78 Å². The van der Waals surface area contributed by atoms with Gasteiger partial charge in [0.1, 0.15) is 11.3 Å². The van der Waals surface area contributed by atoms with Gasteiger partial charge in [-0.25, -0.2) is 4.79 Å². The maximum absolute atomic E-state index is 12.2. The molecule has 0 radical (unpaired) electrons. The van der Waals surface area contributed by atoms with Crippen LogP contribution in [0.4, 0.5) is 14.5 Å². The molecule has 0 spiro atoms. The number of carbonyl (C=O) groups is 1. The number of carbonyl (C=O) groups excluding carboxylic acids is 1. The van der Waals surface area contributed by atoms with E-state index in [1.807, 2.05) is 0 Å². The van der Waals surface area contributed by atoms with Gasteiger partial charge in [0.05, 0.1) is 17.6 Å². The molecule has 0 amide bonds. The number of ether oxygens (including phenoxy) is 2. The van der Waals surface area contributed by atoms with Gasteiger partial charge in [-0.15, -0.1) is 11.6 Å². The molecule has 0 saturated carbocycles. The van der Waals surface area contributed by atoms with Gasteiger partial charge in [0, 0.05) is 5.88 Å². The van der Waals surface area contributed by atoms with Crippen molar-refractivity contribution in [1.82, 2.24) is 0 Å². The lowest BCUT2D eigenvalue weighted by Crippen LogP contribution is -2.12. The van der Waals surface area contributed by atoms with Gasteiger partial charge < -0.3 is 9.47 Å².